The summed E-state index contributed by atoms with van der Waals surface area (Å²) in [5.41, 5.74) is 0. The van der Waals surface area contributed by atoms with Crippen LogP contribution >= 0.6 is 0 Å². The number of aliphatic carboxylic acids is 1. The second-order valence-corrected chi connectivity index (χ2v) is 4.48. The molecule has 1 heterocycles. The average molecular weight is 200 g/mol. The zero-order valence-corrected chi connectivity index (χ0v) is 9.03. The summed E-state index contributed by atoms with van der Waals surface area (Å²) in [6, 6.07) is 0. The van der Waals surface area contributed by atoms with Crippen molar-refractivity contribution in [1.82, 2.24) is 0 Å². The third-order valence-electron chi connectivity index (χ3n) is 2.71. The van der Waals surface area contributed by atoms with Crippen LogP contribution in [0.1, 0.15) is 39.5 Å². The van der Waals surface area contributed by atoms with E-state index in [1.54, 1.807) is 0 Å². The van der Waals surface area contributed by atoms with Gasteiger partial charge in [-0.25, -0.2) is 0 Å². The summed E-state index contributed by atoms with van der Waals surface area (Å²) in [7, 11) is 0. The van der Waals surface area contributed by atoms with Crippen molar-refractivity contribution in [3.63, 3.8) is 0 Å². The van der Waals surface area contributed by atoms with Crippen molar-refractivity contribution in [1.29, 1.82) is 0 Å². The first-order valence-corrected chi connectivity index (χ1v) is 5.45. The van der Waals surface area contributed by atoms with E-state index in [0.29, 0.717) is 5.92 Å². The van der Waals surface area contributed by atoms with Crippen LogP contribution in [-0.2, 0) is 9.53 Å². The van der Waals surface area contributed by atoms with Gasteiger partial charge in [0.25, 0.3) is 0 Å². The monoisotopic (exact) mass is 200 g/mol. The van der Waals surface area contributed by atoms with Gasteiger partial charge in [0.1, 0.15) is 0 Å². The van der Waals surface area contributed by atoms with Crippen LogP contribution in [0.5, 0.6) is 0 Å². The normalized spacial score (nSPS) is 24.9. The Morgan fingerprint density at radius 2 is 2.21 bits per heavy atom. The highest BCUT2D eigenvalue weighted by molar-refractivity contribution is 5.70. The molecule has 1 rings (SSSR count). The number of hydrogen-bond donors (Lipinski definition) is 1. The minimum Gasteiger partial charge on any atom is -0.481 e. The van der Waals surface area contributed by atoms with Gasteiger partial charge in [-0.15, -0.1) is 0 Å². The molecule has 0 spiro atoms. The average Bonchev–Trinajstić information content (AvgIpc) is 2.15. The van der Waals surface area contributed by atoms with Crippen LogP contribution in [0.15, 0.2) is 0 Å². The molecular weight excluding hydrogens is 180 g/mol. The Morgan fingerprint density at radius 1 is 1.50 bits per heavy atom. The Kier molecular flexibility index (Phi) is 4.39. The molecule has 0 saturated carbocycles. The molecule has 3 nitrogen and oxygen atoms in total. The van der Waals surface area contributed by atoms with E-state index in [1.807, 2.05) is 0 Å². The molecule has 1 saturated heterocycles. The van der Waals surface area contributed by atoms with Crippen LogP contribution in [0.4, 0.5) is 0 Å². The van der Waals surface area contributed by atoms with Gasteiger partial charge in [-0.3, -0.25) is 4.79 Å². The largest absolute Gasteiger partial charge is 0.481 e. The molecule has 3 heteroatoms. The fourth-order valence-electron chi connectivity index (χ4n) is 2.00. The minimum atomic E-state index is -0.703. The standard InChI is InChI=1S/C11H20O3/c1-8(2)7-9(11(12)13)10-5-3-4-6-14-10/h8-10H,3-7H2,1-2H3,(H,12,13). The van der Waals surface area contributed by atoms with Crippen molar-refractivity contribution in [2.75, 3.05) is 6.61 Å². The highest BCUT2D eigenvalue weighted by atomic mass is 16.5. The Balaban J connectivity index is 2.51. The van der Waals surface area contributed by atoms with Gasteiger partial charge in [0, 0.05) is 6.61 Å². The lowest BCUT2D eigenvalue weighted by molar-refractivity contribution is -0.150. The summed E-state index contributed by atoms with van der Waals surface area (Å²) < 4.78 is 5.52. The van der Waals surface area contributed by atoms with E-state index in [0.717, 1.165) is 32.3 Å². The molecule has 0 aromatic heterocycles. The Labute approximate surface area is 85.5 Å². The van der Waals surface area contributed by atoms with Crippen molar-refractivity contribution in [3.8, 4) is 0 Å². The molecular formula is C11H20O3. The predicted molar refractivity (Wildman–Crippen MR) is 54.2 cm³/mol. The molecule has 0 aromatic carbocycles. The highest BCUT2D eigenvalue weighted by Crippen LogP contribution is 2.25. The number of ether oxygens (including phenoxy) is 1. The molecule has 0 amide bonds. The van der Waals surface area contributed by atoms with E-state index in [4.69, 9.17) is 9.84 Å². The van der Waals surface area contributed by atoms with Gasteiger partial charge in [-0.2, -0.15) is 0 Å². The predicted octanol–water partition coefficient (Wildman–Crippen LogP) is 2.30. The first kappa shape index (κ1) is 11.5. The number of carboxylic acid groups (broad SMARTS) is 1. The molecule has 0 radical (unpaired) electrons. The smallest absolute Gasteiger partial charge is 0.309 e. The fourth-order valence-corrected chi connectivity index (χ4v) is 2.00. The second-order valence-electron chi connectivity index (χ2n) is 4.48. The topological polar surface area (TPSA) is 46.5 Å². The van der Waals surface area contributed by atoms with Gasteiger partial charge >= 0.3 is 5.97 Å². The molecule has 1 N–H and O–H groups in total. The summed E-state index contributed by atoms with van der Waals surface area (Å²) in [5.74, 6) is -0.595. The third-order valence-corrected chi connectivity index (χ3v) is 2.71. The van der Waals surface area contributed by atoms with Gasteiger partial charge < -0.3 is 9.84 Å². The summed E-state index contributed by atoms with van der Waals surface area (Å²) in [6.45, 7) is 4.84. The number of carboxylic acids is 1. The van der Waals surface area contributed by atoms with Gasteiger partial charge in [0.15, 0.2) is 0 Å². The zero-order valence-electron chi connectivity index (χ0n) is 9.03. The van der Waals surface area contributed by atoms with Crippen molar-refractivity contribution in [2.24, 2.45) is 11.8 Å². The van der Waals surface area contributed by atoms with Crippen molar-refractivity contribution in [2.45, 2.75) is 45.6 Å². The number of carbonyl (C=O) groups is 1. The van der Waals surface area contributed by atoms with E-state index >= 15 is 0 Å². The molecule has 0 bridgehead atoms. The maximum atomic E-state index is 11.1. The SMILES string of the molecule is CC(C)CC(C(=O)O)C1CCCCO1. The van der Waals surface area contributed by atoms with E-state index in [1.165, 1.54) is 0 Å². The van der Waals surface area contributed by atoms with Gasteiger partial charge in [-0.1, -0.05) is 13.8 Å². The Morgan fingerprint density at radius 3 is 2.64 bits per heavy atom. The Hall–Kier alpha value is -0.570. The molecule has 2 unspecified atom stereocenters. The van der Waals surface area contributed by atoms with Crippen molar-refractivity contribution in [3.05, 3.63) is 0 Å². The van der Waals surface area contributed by atoms with Gasteiger partial charge in [0.2, 0.25) is 0 Å². The quantitative estimate of drug-likeness (QED) is 0.757. The lowest BCUT2D eigenvalue weighted by Crippen LogP contribution is -2.34. The van der Waals surface area contributed by atoms with Crippen LogP contribution in [-0.4, -0.2) is 23.8 Å². The maximum Gasteiger partial charge on any atom is 0.309 e. The summed E-state index contributed by atoms with van der Waals surface area (Å²) in [5, 5.41) is 9.09. The highest BCUT2D eigenvalue weighted by Gasteiger charge is 2.30. The molecule has 0 aliphatic carbocycles. The van der Waals surface area contributed by atoms with Crippen molar-refractivity contribution < 1.29 is 14.6 Å². The van der Waals surface area contributed by atoms with E-state index in [2.05, 4.69) is 13.8 Å². The Bertz CT molecular complexity index is 183. The molecule has 2 atom stereocenters. The third kappa shape index (κ3) is 3.29. The molecule has 1 aliphatic heterocycles. The lowest BCUT2D eigenvalue weighted by atomic mass is 9.88. The van der Waals surface area contributed by atoms with Crippen LogP contribution < -0.4 is 0 Å². The summed E-state index contributed by atoms with van der Waals surface area (Å²) >= 11 is 0. The molecule has 1 aliphatic rings. The molecule has 0 aromatic rings. The van der Waals surface area contributed by atoms with Crippen LogP contribution in [0.25, 0.3) is 0 Å². The van der Waals surface area contributed by atoms with Gasteiger partial charge in [0.05, 0.1) is 12.0 Å². The molecule has 82 valence electrons. The summed E-state index contributed by atoms with van der Waals surface area (Å²) in [6.07, 6.45) is 3.75. The minimum absolute atomic E-state index is 0.0522. The van der Waals surface area contributed by atoms with Crippen molar-refractivity contribution >= 4 is 5.97 Å². The van der Waals surface area contributed by atoms with E-state index in [9.17, 15) is 4.79 Å². The van der Waals surface area contributed by atoms with Crippen LogP contribution in [0, 0.1) is 11.8 Å². The van der Waals surface area contributed by atoms with Crippen LogP contribution in [0.2, 0.25) is 0 Å². The van der Waals surface area contributed by atoms with E-state index < -0.39 is 5.97 Å². The second kappa shape index (κ2) is 5.35. The lowest BCUT2D eigenvalue weighted by Gasteiger charge is -2.28. The van der Waals surface area contributed by atoms with E-state index in [-0.39, 0.29) is 12.0 Å². The summed E-state index contributed by atoms with van der Waals surface area (Å²) in [4.78, 5) is 11.1. The van der Waals surface area contributed by atoms with Crippen LogP contribution in [0.3, 0.4) is 0 Å². The zero-order chi connectivity index (χ0) is 10.6. The molecule has 1 fully saturated rings. The number of rotatable bonds is 4. The van der Waals surface area contributed by atoms with Gasteiger partial charge in [-0.05, 0) is 31.6 Å². The first-order valence-electron chi connectivity index (χ1n) is 5.45. The molecule has 14 heavy (non-hydrogen) atoms. The maximum absolute atomic E-state index is 11.1. The number of hydrogen-bond acceptors (Lipinski definition) is 2. The fraction of sp³-hybridized carbons (Fsp3) is 0.909. The first-order chi connectivity index (χ1) is 6.61.